The lowest BCUT2D eigenvalue weighted by Gasteiger charge is -2.70. The average Bonchev–Trinajstić information content (AvgIpc) is 3.05. The summed E-state index contributed by atoms with van der Waals surface area (Å²) >= 11 is 0. The number of esters is 1. The highest BCUT2D eigenvalue weighted by molar-refractivity contribution is 5.70. The van der Waals surface area contributed by atoms with E-state index in [2.05, 4.69) is 34.6 Å². The van der Waals surface area contributed by atoms with Crippen LogP contribution in [0.25, 0.3) is 0 Å². The zero-order valence-electron chi connectivity index (χ0n) is 20.6. The highest BCUT2D eigenvalue weighted by Crippen LogP contribution is 2.75. The summed E-state index contributed by atoms with van der Waals surface area (Å²) in [6.45, 7) is 13.1. The molecule has 4 saturated carbocycles. The number of methoxy groups -OCH3 is 1. The second kappa shape index (κ2) is 6.72. The van der Waals surface area contributed by atoms with Crippen LogP contribution in [-0.4, -0.2) is 37.0 Å². The topological polar surface area (TPSA) is 55.8 Å². The molecule has 0 unspecified atom stereocenters. The van der Waals surface area contributed by atoms with Crippen LogP contribution >= 0.6 is 0 Å². The molecular weight excluding hydrogens is 388 g/mol. The molecule has 1 saturated heterocycles. The Balaban J connectivity index is 1.54. The van der Waals surface area contributed by atoms with Crippen LogP contribution in [0.4, 0.5) is 0 Å². The van der Waals surface area contributed by atoms with Crippen molar-refractivity contribution in [3.05, 3.63) is 0 Å². The second-order valence-corrected chi connectivity index (χ2v) is 13.5. The molecule has 0 aromatic heterocycles. The normalized spacial score (nSPS) is 55.0. The lowest BCUT2D eigenvalue weighted by molar-refractivity contribution is -0.236. The Bertz CT molecular complexity index is 762. The van der Waals surface area contributed by atoms with Gasteiger partial charge in [0.2, 0.25) is 0 Å². The standard InChI is InChI=1S/C27H44O4/c1-23(2)11-13-27-14-12-25(4)17(21(27)22(23)31-16-27)7-8-18-24(3,15-20(29)30-6)19(28)9-10-26(18,25)5/h17-19,21-22,28H,7-16H2,1-6H3/t17-,18-,19-,21-,22-,24-,25-,26-,27-/m1/s1. The number of carbonyl (C=O) groups excluding carboxylic acids is 1. The van der Waals surface area contributed by atoms with Gasteiger partial charge in [-0.15, -0.1) is 0 Å². The lowest BCUT2D eigenvalue weighted by atomic mass is 9.34. The van der Waals surface area contributed by atoms with E-state index in [1.165, 1.54) is 39.2 Å². The van der Waals surface area contributed by atoms with Gasteiger partial charge in [-0.3, -0.25) is 4.79 Å². The number of aliphatic hydroxyl groups is 1. The third-order valence-electron chi connectivity index (χ3n) is 12.1. The van der Waals surface area contributed by atoms with Gasteiger partial charge in [-0.25, -0.2) is 0 Å². The Hall–Kier alpha value is -0.610. The molecule has 2 bridgehead atoms. The van der Waals surface area contributed by atoms with Gasteiger partial charge < -0.3 is 14.6 Å². The maximum Gasteiger partial charge on any atom is 0.306 e. The van der Waals surface area contributed by atoms with Gasteiger partial charge in [-0.1, -0.05) is 34.6 Å². The van der Waals surface area contributed by atoms with Crippen molar-refractivity contribution in [2.45, 2.75) is 105 Å². The second-order valence-electron chi connectivity index (χ2n) is 13.5. The van der Waals surface area contributed by atoms with Crippen molar-refractivity contribution < 1.29 is 19.4 Å². The minimum atomic E-state index is -0.423. The van der Waals surface area contributed by atoms with Crippen LogP contribution in [0.1, 0.15) is 92.4 Å². The summed E-state index contributed by atoms with van der Waals surface area (Å²) < 4.78 is 11.7. The first-order valence-corrected chi connectivity index (χ1v) is 12.8. The van der Waals surface area contributed by atoms with Gasteiger partial charge >= 0.3 is 5.97 Å². The molecule has 1 aliphatic heterocycles. The van der Waals surface area contributed by atoms with Crippen molar-refractivity contribution >= 4 is 5.97 Å². The van der Waals surface area contributed by atoms with Crippen molar-refractivity contribution in [1.29, 1.82) is 0 Å². The predicted molar refractivity (Wildman–Crippen MR) is 120 cm³/mol. The number of fused-ring (bicyclic) bond motifs is 3. The maximum atomic E-state index is 12.4. The Kier molecular flexibility index (Phi) is 4.81. The molecule has 31 heavy (non-hydrogen) atoms. The fraction of sp³-hybridized carbons (Fsp3) is 0.963. The van der Waals surface area contributed by atoms with Crippen LogP contribution in [-0.2, 0) is 14.3 Å². The van der Waals surface area contributed by atoms with Crippen LogP contribution in [0.2, 0.25) is 0 Å². The Labute approximate surface area is 188 Å². The Morgan fingerprint density at radius 3 is 2.39 bits per heavy atom. The first-order chi connectivity index (χ1) is 14.4. The van der Waals surface area contributed by atoms with Crippen molar-refractivity contribution in [2.24, 2.45) is 44.8 Å². The van der Waals surface area contributed by atoms with Crippen LogP contribution in [0.3, 0.4) is 0 Å². The van der Waals surface area contributed by atoms with E-state index in [1.807, 2.05) is 0 Å². The summed E-state index contributed by atoms with van der Waals surface area (Å²) in [4.78, 5) is 12.4. The van der Waals surface area contributed by atoms with Crippen LogP contribution < -0.4 is 0 Å². The number of carbonyl (C=O) groups is 1. The van der Waals surface area contributed by atoms with Gasteiger partial charge in [0.1, 0.15) is 0 Å². The molecule has 5 fully saturated rings. The minimum absolute atomic E-state index is 0.139. The third-order valence-corrected chi connectivity index (χ3v) is 12.1. The molecule has 176 valence electrons. The molecule has 4 nitrogen and oxygen atoms in total. The van der Waals surface area contributed by atoms with Crippen LogP contribution in [0.5, 0.6) is 0 Å². The first-order valence-electron chi connectivity index (χ1n) is 12.8. The zero-order chi connectivity index (χ0) is 22.4. The molecule has 4 aliphatic carbocycles. The average molecular weight is 433 g/mol. The van der Waals surface area contributed by atoms with Crippen LogP contribution in [0, 0.1) is 44.8 Å². The maximum absolute atomic E-state index is 12.4. The molecule has 5 aliphatic rings. The molecule has 0 spiro atoms. The molecule has 1 N–H and O–H groups in total. The van der Waals surface area contributed by atoms with E-state index in [0.29, 0.717) is 35.7 Å². The fourth-order valence-corrected chi connectivity index (χ4v) is 9.94. The molecular formula is C27H44O4. The van der Waals surface area contributed by atoms with E-state index in [4.69, 9.17) is 9.47 Å². The number of hydrogen-bond donors (Lipinski definition) is 1. The molecule has 0 aromatic carbocycles. The minimum Gasteiger partial charge on any atom is -0.469 e. The van der Waals surface area contributed by atoms with Gasteiger partial charge in [0.25, 0.3) is 0 Å². The lowest BCUT2D eigenvalue weighted by Crippen LogP contribution is -2.66. The summed E-state index contributed by atoms with van der Waals surface area (Å²) in [5.41, 5.74) is 0.645. The summed E-state index contributed by atoms with van der Waals surface area (Å²) in [5.74, 6) is 1.54. The molecule has 4 heteroatoms. The van der Waals surface area contributed by atoms with Crippen molar-refractivity contribution in [2.75, 3.05) is 13.7 Å². The summed E-state index contributed by atoms with van der Waals surface area (Å²) in [7, 11) is 1.47. The van der Waals surface area contributed by atoms with E-state index in [1.54, 1.807) is 0 Å². The summed E-state index contributed by atoms with van der Waals surface area (Å²) in [5, 5.41) is 11.1. The van der Waals surface area contributed by atoms with Crippen molar-refractivity contribution in [3.8, 4) is 0 Å². The molecule has 0 radical (unpaired) electrons. The largest absolute Gasteiger partial charge is 0.469 e. The molecule has 0 amide bonds. The van der Waals surface area contributed by atoms with E-state index in [0.717, 1.165) is 25.9 Å². The Morgan fingerprint density at radius 1 is 0.968 bits per heavy atom. The van der Waals surface area contributed by atoms with Crippen molar-refractivity contribution in [3.63, 3.8) is 0 Å². The van der Waals surface area contributed by atoms with E-state index in [9.17, 15) is 9.90 Å². The fourth-order valence-electron chi connectivity index (χ4n) is 9.94. The van der Waals surface area contributed by atoms with E-state index >= 15 is 0 Å². The highest BCUT2D eigenvalue weighted by Gasteiger charge is 2.71. The highest BCUT2D eigenvalue weighted by atomic mass is 16.5. The van der Waals surface area contributed by atoms with Gasteiger partial charge in [-0.2, -0.15) is 0 Å². The van der Waals surface area contributed by atoms with E-state index in [-0.39, 0.29) is 22.2 Å². The van der Waals surface area contributed by atoms with Gasteiger partial charge in [0, 0.05) is 5.41 Å². The molecule has 1 heterocycles. The van der Waals surface area contributed by atoms with Gasteiger partial charge in [-0.05, 0) is 90.8 Å². The predicted octanol–water partition coefficient (Wildman–Crippen LogP) is 5.36. The monoisotopic (exact) mass is 432 g/mol. The zero-order valence-corrected chi connectivity index (χ0v) is 20.6. The Morgan fingerprint density at radius 2 is 1.68 bits per heavy atom. The van der Waals surface area contributed by atoms with Gasteiger partial charge in [0.05, 0.1) is 32.3 Å². The third kappa shape index (κ3) is 2.70. The van der Waals surface area contributed by atoms with Crippen LogP contribution in [0.15, 0.2) is 0 Å². The quantitative estimate of drug-likeness (QED) is 0.597. The molecule has 0 aromatic rings. The SMILES string of the molecule is COC(=O)C[C@@]1(C)[C@H](O)CC[C@]2(C)[C@@H]1CC[C@@H]1[C@@H]3[C@H]4OC[C@@]3(CCC4(C)C)CC[C@]12C. The number of ether oxygens (including phenoxy) is 2. The van der Waals surface area contributed by atoms with E-state index < -0.39 is 11.5 Å². The summed E-state index contributed by atoms with van der Waals surface area (Å²) in [6.07, 6.45) is 9.66. The first kappa shape index (κ1) is 22.2. The summed E-state index contributed by atoms with van der Waals surface area (Å²) in [6, 6.07) is 0. The number of aliphatic hydroxyl groups excluding tert-OH is 1. The number of rotatable bonds is 2. The number of hydrogen-bond acceptors (Lipinski definition) is 4. The smallest absolute Gasteiger partial charge is 0.306 e. The molecule has 9 atom stereocenters. The molecule has 5 rings (SSSR count). The van der Waals surface area contributed by atoms with Crippen molar-refractivity contribution in [1.82, 2.24) is 0 Å². The van der Waals surface area contributed by atoms with Gasteiger partial charge in [0.15, 0.2) is 0 Å².